The van der Waals surface area contributed by atoms with Crippen molar-refractivity contribution in [2.24, 2.45) is 0 Å². The molecule has 7 N–H and O–H groups in total. The molecular formula is C14H21NO16S. The van der Waals surface area contributed by atoms with E-state index >= 15 is 0 Å². The summed E-state index contributed by atoms with van der Waals surface area (Å²) in [5.74, 6) is -3.17. The number of carboxylic acids is 1. The second-order valence-corrected chi connectivity index (χ2v) is 7.63. The fourth-order valence-corrected chi connectivity index (χ4v) is 3.26. The first-order valence-electron chi connectivity index (χ1n) is 8.66. The maximum atomic E-state index is 11.5. The van der Waals surface area contributed by atoms with Crippen LogP contribution in [-0.2, 0) is 48.3 Å². The normalized spacial score (nSPS) is 35.5. The summed E-state index contributed by atoms with van der Waals surface area (Å²) < 4.78 is 50.3. The van der Waals surface area contributed by atoms with Gasteiger partial charge in [-0.05, 0) is 6.08 Å². The number of aliphatic hydroxyl groups excluding tert-OH is 3. The van der Waals surface area contributed by atoms with Crippen molar-refractivity contribution in [3.8, 4) is 0 Å². The standard InChI is InChI=1S/C14H21NO16S/c1-4(16)15-8-11(30-31-22)10(7(27-13(8)21)3-26-32(23,24)25)29-14-9(18)5(17)2-6(28-14)12(19)20/h2,5,7-11,13-14,17-18,21-22H,3H2,1H3,(H,15,16)(H,19,20)(H,23,24,25)/t5-,7?,8?,9?,10+,11+,13+,14-/m0/s1. The van der Waals surface area contributed by atoms with Crippen LogP contribution in [0.2, 0.25) is 0 Å². The van der Waals surface area contributed by atoms with Crippen LogP contribution in [0.4, 0.5) is 0 Å². The van der Waals surface area contributed by atoms with Gasteiger partial charge in [0.25, 0.3) is 0 Å². The molecule has 184 valence electrons. The number of ether oxygens (including phenoxy) is 3. The Balaban J connectivity index is 2.37. The van der Waals surface area contributed by atoms with Crippen molar-refractivity contribution in [1.82, 2.24) is 5.32 Å². The second-order valence-electron chi connectivity index (χ2n) is 6.54. The lowest BCUT2D eigenvalue weighted by molar-refractivity contribution is -0.523. The Kier molecular flexibility index (Phi) is 8.84. The molecule has 2 rings (SSSR count). The molecule has 0 aromatic heterocycles. The summed E-state index contributed by atoms with van der Waals surface area (Å²) in [6, 6.07) is -1.54. The summed E-state index contributed by atoms with van der Waals surface area (Å²) in [5, 5.41) is 53.7. The van der Waals surface area contributed by atoms with E-state index in [1.165, 1.54) is 0 Å². The third kappa shape index (κ3) is 6.76. The monoisotopic (exact) mass is 491 g/mol. The lowest BCUT2D eigenvalue weighted by Crippen LogP contribution is -2.66. The highest BCUT2D eigenvalue weighted by atomic mass is 32.3. The van der Waals surface area contributed by atoms with Crippen molar-refractivity contribution >= 4 is 22.3 Å². The largest absolute Gasteiger partial charge is 0.475 e. The number of hydrogen-bond donors (Lipinski definition) is 7. The molecule has 0 aromatic carbocycles. The molecule has 32 heavy (non-hydrogen) atoms. The van der Waals surface area contributed by atoms with E-state index in [2.05, 4.69) is 19.4 Å². The zero-order chi connectivity index (χ0) is 24.2. The third-order valence-corrected chi connectivity index (χ3v) is 4.70. The zero-order valence-electron chi connectivity index (χ0n) is 16.1. The first-order valence-corrected chi connectivity index (χ1v) is 10.0. The number of amides is 1. The van der Waals surface area contributed by atoms with Gasteiger partial charge in [0.15, 0.2) is 6.29 Å². The first-order chi connectivity index (χ1) is 14.8. The molecule has 1 saturated heterocycles. The lowest BCUT2D eigenvalue weighted by Gasteiger charge is -2.45. The Hall–Kier alpha value is -1.97. The zero-order valence-corrected chi connectivity index (χ0v) is 16.9. The van der Waals surface area contributed by atoms with Crippen LogP contribution >= 0.6 is 0 Å². The predicted octanol–water partition coefficient (Wildman–Crippen LogP) is -3.75. The third-order valence-electron chi connectivity index (χ3n) is 4.27. The summed E-state index contributed by atoms with van der Waals surface area (Å²) >= 11 is 0. The van der Waals surface area contributed by atoms with Crippen LogP contribution in [0.1, 0.15) is 6.92 Å². The summed E-state index contributed by atoms with van der Waals surface area (Å²) in [6.07, 6.45) is -12.0. The van der Waals surface area contributed by atoms with E-state index in [1.807, 2.05) is 0 Å². The topological polar surface area (TPSA) is 257 Å². The van der Waals surface area contributed by atoms with E-state index < -0.39 is 83.8 Å². The molecule has 2 heterocycles. The van der Waals surface area contributed by atoms with Crippen LogP contribution < -0.4 is 5.32 Å². The Morgan fingerprint density at radius 2 is 1.88 bits per heavy atom. The minimum Gasteiger partial charge on any atom is -0.475 e. The predicted molar refractivity (Wildman–Crippen MR) is 92.1 cm³/mol. The molecule has 0 radical (unpaired) electrons. The van der Waals surface area contributed by atoms with Gasteiger partial charge in [-0.15, -0.1) is 0 Å². The van der Waals surface area contributed by atoms with Crippen LogP contribution in [0.15, 0.2) is 11.8 Å². The van der Waals surface area contributed by atoms with E-state index in [-0.39, 0.29) is 0 Å². The van der Waals surface area contributed by atoms with Gasteiger partial charge in [-0.3, -0.25) is 9.35 Å². The highest BCUT2D eigenvalue weighted by molar-refractivity contribution is 7.80. The Morgan fingerprint density at radius 1 is 1.22 bits per heavy atom. The molecule has 0 bridgehead atoms. The quantitative estimate of drug-likeness (QED) is 0.0928. The summed E-state index contributed by atoms with van der Waals surface area (Å²) in [6.45, 7) is 0.00685. The molecule has 0 spiro atoms. The minimum atomic E-state index is -5.02. The molecule has 1 fully saturated rings. The summed E-state index contributed by atoms with van der Waals surface area (Å²) in [4.78, 5) is 27.2. The maximum absolute atomic E-state index is 11.5. The molecule has 3 unspecified atom stereocenters. The maximum Gasteiger partial charge on any atom is 0.397 e. The molecule has 1 amide bonds. The van der Waals surface area contributed by atoms with Gasteiger partial charge in [0.2, 0.25) is 18.0 Å². The molecule has 0 saturated carbocycles. The van der Waals surface area contributed by atoms with E-state index in [9.17, 15) is 33.3 Å². The summed E-state index contributed by atoms with van der Waals surface area (Å²) in [7, 11) is -5.02. The van der Waals surface area contributed by atoms with Gasteiger partial charge >= 0.3 is 16.4 Å². The van der Waals surface area contributed by atoms with Gasteiger partial charge in [-0.25, -0.2) is 14.2 Å². The van der Waals surface area contributed by atoms with E-state index in [4.69, 9.17) is 29.1 Å². The minimum absolute atomic E-state index is 0.678. The average molecular weight is 491 g/mol. The number of rotatable bonds is 9. The Bertz CT molecular complexity index is 816. The van der Waals surface area contributed by atoms with Crippen LogP contribution in [0, 0.1) is 0 Å². The Labute approximate surface area is 179 Å². The van der Waals surface area contributed by atoms with Crippen LogP contribution in [0.25, 0.3) is 0 Å². The van der Waals surface area contributed by atoms with Gasteiger partial charge < -0.3 is 40.0 Å². The molecule has 0 aromatic rings. The van der Waals surface area contributed by atoms with Crippen molar-refractivity contribution in [1.29, 1.82) is 0 Å². The number of nitrogens with one attached hydrogen (secondary N) is 1. The number of carboxylic acid groups (broad SMARTS) is 1. The van der Waals surface area contributed by atoms with Crippen molar-refractivity contribution in [2.75, 3.05) is 6.61 Å². The van der Waals surface area contributed by atoms with Crippen molar-refractivity contribution in [3.63, 3.8) is 0 Å². The average Bonchev–Trinajstić information content (AvgIpc) is 2.67. The fourth-order valence-electron chi connectivity index (χ4n) is 2.96. The van der Waals surface area contributed by atoms with Gasteiger partial charge in [0, 0.05) is 6.92 Å². The highest BCUT2D eigenvalue weighted by Crippen LogP contribution is 2.30. The molecule has 2 aliphatic rings. The first kappa shape index (κ1) is 26.3. The SMILES string of the molecule is CC(=O)NC1[C@H](O)OC(COS(=O)(=O)O)[C@@H](O[C@@H]2OC(C(=O)O)=C[C@H](O)C2O)[C@@H]1OOO. The van der Waals surface area contributed by atoms with Crippen molar-refractivity contribution in [2.45, 2.75) is 56.1 Å². The van der Waals surface area contributed by atoms with E-state index in [0.29, 0.717) is 6.08 Å². The highest BCUT2D eigenvalue weighted by Gasteiger charge is 2.51. The second kappa shape index (κ2) is 10.8. The van der Waals surface area contributed by atoms with E-state index in [0.717, 1.165) is 6.92 Å². The molecule has 18 heteroatoms. The number of aliphatic carboxylic acids is 1. The van der Waals surface area contributed by atoms with Crippen LogP contribution in [-0.4, -0.2) is 106 Å². The van der Waals surface area contributed by atoms with Gasteiger partial charge in [-0.1, -0.05) is 5.04 Å². The smallest absolute Gasteiger partial charge is 0.397 e. The number of carbonyl (C=O) groups excluding carboxylic acids is 1. The lowest BCUT2D eigenvalue weighted by atomic mass is 9.96. The number of hydrogen-bond acceptors (Lipinski definition) is 14. The van der Waals surface area contributed by atoms with Crippen molar-refractivity contribution < 1.29 is 76.6 Å². The van der Waals surface area contributed by atoms with E-state index in [1.54, 1.807) is 0 Å². The van der Waals surface area contributed by atoms with Gasteiger partial charge in [0.05, 0.1) is 6.61 Å². The molecule has 0 aliphatic carbocycles. The van der Waals surface area contributed by atoms with Crippen molar-refractivity contribution in [3.05, 3.63) is 11.8 Å². The van der Waals surface area contributed by atoms with Gasteiger partial charge in [0.1, 0.15) is 36.6 Å². The molecule has 17 nitrogen and oxygen atoms in total. The molecule has 8 atom stereocenters. The Morgan fingerprint density at radius 3 is 2.41 bits per heavy atom. The number of carbonyl (C=O) groups is 2. The summed E-state index contributed by atoms with van der Waals surface area (Å²) in [5.41, 5.74) is 0. The van der Waals surface area contributed by atoms with Crippen LogP contribution in [0.3, 0.4) is 0 Å². The number of aliphatic hydroxyl groups is 3. The fraction of sp³-hybridized carbons (Fsp3) is 0.714. The van der Waals surface area contributed by atoms with Crippen LogP contribution in [0.5, 0.6) is 0 Å². The molecule has 2 aliphatic heterocycles. The van der Waals surface area contributed by atoms with Gasteiger partial charge in [-0.2, -0.15) is 13.3 Å². The molecular weight excluding hydrogens is 470 g/mol.